The minimum Gasteiger partial charge on any atom is -0.381 e. The van der Waals surface area contributed by atoms with Crippen LogP contribution in [0.15, 0.2) is 98.5 Å². The lowest BCUT2D eigenvalue weighted by Crippen LogP contribution is -2.44. The fourth-order valence-electron chi connectivity index (χ4n) is 7.11. The van der Waals surface area contributed by atoms with Crippen LogP contribution >= 0.6 is 0 Å². The largest absolute Gasteiger partial charge is 0.381 e. The van der Waals surface area contributed by atoms with Crippen molar-refractivity contribution in [2.24, 2.45) is 21.6 Å². The van der Waals surface area contributed by atoms with Gasteiger partial charge in [0.05, 0.1) is 17.4 Å². The average molecular weight is 918 g/mol. The molecule has 0 aromatic heterocycles. The van der Waals surface area contributed by atoms with Gasteiger partial charge in [0, 0.05) is 82.8 Å². The second-order valence-corrected chi connectivity index (χ2v) is 15.7. The van der Waals surface area contributed by atoms with Crippen molar-refractivity contribution < 1.29 is 28.0 Å². The van der Waals surface area contributed by atoms with Gasteiger partial charge in [-0.2, -0.15) is 0 Å². The molecule has 3 aliphatic rings. The molecular formula is C51H77F2N9O4. The number of piperidine rings is 1. The van der Waals surface area contributed by atoms with Crippen LogP contribution in [0.4, 0.5) is 14.5 Å². The standard InChI is InChI=1S/C24H28FN5O.C23H37FN4O3.2C2H6/c1-7-27-22-17(5)20(13-28-23(22)31)19-11-9-15(3)21(12-19)30-24(26)29-16(4)10-8-14(2)18(6)25;1-6-28(13-12-26(4)17(3)29)16(2)15-27(5)18-8-7-9-19(21(24)14-18)20-10-11-22(30)25-23(20)31;2*1-2/h8-13,27H,3-4,7H2,1-2,5-6H3,(H3,26,29,30);14,16,20H,6-13,15H2,1-5H3,(H,25,30,31);2*1-2H3/b10-8-,18-14+,20-19+;;;. The van der Waals surface area contributed by atoms with E-state index >= 15 is 4.39 Å². The second-order valence-electron chi connectivity index (χ2n) is 15.7. The Morgan fingerprint density at radius 1 is 1.06 bits per heavy atom. The summed E-state index contributed by atoms with van der Waals surface area (Å²) in [5, 5.41) is 9.78. The van der Waals surface area contributed by atoms with E-state index in [0.29, 0.717) is 59.4 Å². The third-order valence-corrected chi connectivity index (χ3v) is 11.1. The summed E-state index contributed by atoms with van der Waals surface area (Å²) in [6, 6.07) is 5.79. The normalized spacial score (nSPS) is 18.1. The van der Waals surface area contributed by atoms with E-state index in [-0.39, 0.29) is 53.7 Å². The van der Waals surface area contributed by atoms with Gasteiger partial charge in [0.1, 0.15) is 11.5 Å². The van der Waals surface area contributed by atoms with E-state index in [2.05, 4.69) is 62.7 Å². The highest BCUT2D eigenvalue weighted by Gasteiger charge is 2.32. The van der Waals surface area contributed by atoms with Crippen molar-refractivity contribution in [2.75, 3.05) is 46.8 Å². The van der Waals surface area contributed by atoms with E-state index < -0.39 is 5.92 Å². The van der Waals surface area contributed by atoms with Crippen LogP contribution in [0, 0.1) is 5.92 Å². The number of likely N-dealkylation sites (N-methyl/N-ethyl adjacent to an activating group) is 4. The maximum atomic E-state index is 15.1. The number of nitrogens with two attached hydrogens (primary N) is 1. The molecule has 2 heterocycles. The van der Waals surface area contributed by atoms with Gasteiger partial charge >= 0.3 is 0 Å². The number of dihydropyridines is 1. The van der Waals surface area contributed by atoms with Gasteiger partial charge in [-0.1, -0.05) is 66.0 Å². The Bertz CT molecular complexity index is 2220. The van der Waals surface area contributed by atoms with Crippen molar-refractivity contribution in [2.45, 2.75) is 114 Å². The molecule has 66 heavy (non-hydrogen) atoms. The number of nitrogens with one attached hydrogen (secondary N) is 3. The Kier molecular flexibility index (Phi) is 26.0. The summed E-state index contributed by atoms with van der Waals surface area (Å²) in [4.78, 5) is 61.6. The number of carbonyl (C=O) groups is 4. The zero-order valence-electron chi connectivity index (χ0n) is 41.9. The minimum absolute atomic E-state index is 0.0542. The molecule has 1 fully saturated rings. The molecule has 364 valence electrons. The summed E-state index contributed by atoms with van der Waals surface area (Å²) >= 11 is 0. The molecule has 1 aromatic rings. The maximum absolute atomic E-state index is 15.1. The Morgan fingerprint density at radius 2 is 1.73 bits per heavy atom. The Balaban J connectivity index is 0.000000614. The summed E-state index contributed by atoms with van der Waals surface area (Å²) in [7, 11) is 3.78. The monoisotopic (exact) mass is 918 g/mol. The van der Waals surface area contributed by atoms with Crippen LogP contribution < -0.4 is 32.1 Å². The van der Waals surface area contributed by atoms with Crippen molar-refractivity contribution in [3.8, 4) is 0 Å². The molecule has 1 saturated heterocycles. The molecule has 0 radical (unpaired) electrons. The first-order valence-corrected chi connectivity index (χ1v) is 23.0. The van der Waals surface area contributed by atoms with Crippen LogP contribution in [0.5, 0.6) is 0 Å². The third-order valence-electron chi connectivity index (χ3n) is 11.1. The van der Waals surface area contributed by atoms with Gasteiger partial charge < -0.3 is 26.2 Å². The molecular weight excluding hydrogens is 841 g/mol. The maximum Gasteiger partial charge on any atom is 0.293 e. The number of nitrogens with zero attached hydrogens (tertiary/aromatic N) is 5. The number of imide groups is 1. The molecule has 5 N–H and O–H groups in total. The summed E-state index contributed by atoms with van der Waals surface area (Å²) in [5.41, 5.74) is 11.1. The Morgan fingerprint density at radius 3 is 2.32 bits per heavy atom. The van der Waals surface area contributed by atoms with E-state index in [1.807, 2.05) is 66.8 Å². The highest BCUT2D eigenvalue weighted by Crippen LogP contribution is 2.33. The van der Waals surface area contributed by atoms with Crippen molar-refractivity contribution in [3.05, 3.63) is 98.9 Å². The molecule has 2 unspecified atom stereocenters. The quantitative estimate of drug-likeness (QED) is 0.0621. The van der Waals surface area contributed by atoms with Gasteiger partial charge in [0.25, 0.3) is 5.91 Å². The molecule has 13 nitrogen and oxygen atoms in total. The Hall–Kier alpha value is -5.96. The van der Waals surface area contributed by atoms with E-state index in [1.54, 1.807) is 50.2 Å². The fraction of sp³-hybridized carbons (Fsp3) is 0.490. The van der Waals surface area contributed by atoms with Gasteiger partial charge in [-0.05, 0) is 112 Å². The smallest absolute Gasteiger partial charge is 0.293 e. The summed E-state index contributed by atoms with van der Waals surface area (Å²) in [5.74, 6) is -1.93. The molecule has 0 bridgehead atoms. The summed E-state index contributed by atoms with van der Waals surface area (Å²) in [6.45, 7) is 32.2. The molecule has 1 aromatic carbocycles. The van der Waals surface area contributed by atoms with E-state index in [0.717, 1.165) is 54.5 Å². The van der Waals surface area contributed by atoms with E-state index in [1.165, 1.54) is 6.92 Å². The first kappa shape index (κ1) is 58.1. The molecule has 1 aliphatic carbocycles. The molecule has 4 amide bonds. The number of amides is 4. The zero-order chi connectivity index (χ0) is 50.3. The lowest BCUT2D eigenvalue weighted by Gasteiger charge is -2.34. The SMILES string of the molecule is C=C(/C=C\C(C)=C(/C)F)NC(N)=Nc1c/c(=C2\C=NC(=O)C(NCC)=C2C)ccc1=C.CC.CC.CCN(CCN(C)C(C)=O)C(C)CN(C)C1=CC(F)=C(C2CCC(=O)NC2=O)CCC1. The lowest BCUT2D eigenvalue weighted by atomic mass is 9.87. The molecule has 0 spiro atoms. The van der Waals surface area contributed by atoms with Crippen LogP contribution in [0.3, 0.4) is 0 Å². The van der Waals surface area contributed by atoms with Crippen molar-refractivity contribution >= 4 is 53.6 Å². The molecule has 4 rings (SSSR count). The highest BCUT2D eigenvalue weighted by atomic mass is 19.1. The minimum atomic E-state index is -0.550. The zero-order valence-corrected chi connectivity index (χ0v) is 41.9. The first-order chi connectivity index (χ1) is 31.3. The van der Waals surface area contributed by atoms with Crippen LogP contribution in [-0.2, 0) is 19.2 Å². The molecule has 2 aliphatic heterocycles. The van der Waals surface area contributed by atoms with E-state index in [9.17, 15) is 23.6 Å². The van der Waals surface area contributed by atoms with Gasteiger partial charge in [0.2, 0.25) is 17.7 Å². The van der Waals surface area contributed by atoms with Crippen LogP contribution in [-0.4, -0.2) is 103 Å². The highest BCUT2D eigenvalue weighted by molar-refractivity contribution is 6.20. The number of hydrogen-bond acceptors (Lipinski definition) is 8. The molecule has 2 atom stereocenters. The number of carbonyl (C=O) groups excluding carboxylic acids is 4. The van der Waals surface area contributed by atoms with Gasteiger partial charge in [-0.15, -0.1) is 0 Å². The number of allylic oxidation sites excluding steroid dienone is 8. The van der Waals surface area contributed by atoms with Crippen molar-refractivity contribution in [3.63, 3.8) is 0 Å². The number of guanidine groups is 1. The van der Waals surface area contributed by atoms with Crippen molar-refractivity contribution in [1.82, 2.24) is 30.7 Å². The Labute approximate surface area is 392 Å². The molecule has 15 heteroatoms. The number of aliphatic imine (C=N–C) groups is 2. The lowest BCUT2D eigenvalue weighted by molar-refractivity contribution is -0.135. The van der Waals surface area contributed by atoms with E-state index in [4.69, 9.17) is 5.73 Å². The van der Waals surface area contributed by atoms with Crippen molar-refractivity contribution in [1.29, 1.82) is 0 Å². The predicted molar refractivity (Wildman–Crippen MR) is 268 cm³/mol. The average Bonchev–Trinajstić information content (AvgIpc) is 3.47. The van der Waals surface area contributed by atoms with Gasteiger partial charge in [0.15, 0.2) is 5.96 Å². The van der Waals surface area contributed by atoms with Crippen LogP contribution in [0.2, 0.25) is 0 Å². The fourth-order valence-corrected chi connectivity index (χ4v) is 7.11. The third kappa shape index (κ3) is 18.1. The van der Waals surface area contributed by atoms with Gasteiger partial charge in [-0.25, -0.2) is 18.8 Å². The predicted octanol–water partition coefficient (Wildman–Crippen LogP) is 7.11. The summed E-state index contributed by atoms with van der Waals surface area (Å²) < 4.78 is 28.2. The second kappa shape index (κ2) is 29.5. The number of hydrogen-bond donors (Lipinski definition) is 4. The first-order valence-electron chi connectivity index (χ1n) is 23.0. The number of benzene rings is 1. The number of rotatable bonds is 15. The number of halogens is 2. The summed E-state index contributed by atoms with van der Waals surface area (Å²) in [6.07, 6.45) is 9.02. The molecule has 0 saturated carbocycles. The van der Waals surface area contributed by atoms with Crippen LogP contribution in [0.25, 0.3) is 12.2 Å². The van der Waals surface area contributed by atoms with Crippen LogP contribution in [0.1, 0.15) is 108 Å². The topological polar surface area (TPSA) is 165 Å². The van der Waals surface area contributed by atoms with Gasteiger partial charge in [-0.3, -0.25) is 29.4 Å².